The molecule has 0 spiro atoms. The summed E-state index contributed by atoms with van der Waals surface area (Å²) < 4.78 is 1.73. The first-order chi connectivity index (χ1) is 14.9. The van der Waals surface area contributed by atoms with Crippen LogP contribution in [0.1, 0.15) is 51.6 Å². The van der Waals surface area contributed by atoms with Gasteiger partial charge in [-0.2, -0.15) is 5.26 Å². The van der Waals surface area contributed by atoms with Crippen LogP contribution in [0.5, 0.6) is 0 Å². The standard InChI is InChI=1S/C23H26N4O2S2/c1-15(2)7-6-8-16(3)27-22(29)18-9-4-5-10-19(18)25-23(27)31-14-20(28)26-21-17(13-24)11-12-30-21/h4-5,9-12,15-16H,6-8,14H2,1-3H3,(H,26,28). The molecule has 0 fully saturated rings. The maximum atomic E-state index is 13.2. The molecule has 3 aromatic rings. The van der Waals surface area contributed by atoms with Gasteiger partial charge in [0.1, 0.15) is 11.1 Å². The van der Waals surface area contributed by atoms with Gasteiger partial charge in [-0.3, -0.25) is 14.2 Å². The lowest BCUT2D eigenvalue weighted by atomic mass is 10.0. The van der Waals surface area contributed by atoms with Crippen molar-refractivity contribution in [2.24, 2.45) is 5.92 Å². The van der Waals surface area contributed by atoms with Crippen molar-refractivity contribution in [3.8, 4) is 6.07 Å². The lowest BCUT2D eigenvalue weighted by Gasteiger charge is -2.20. The minimum absolute atomic E-state index is 0.0172. The van der Waals surface area contributed by atoms with Gasteiger partial charge in [-0.05, 0) is 42.8 Å². The molecule has 1 unspecified atom stereocenters. The Morgan fingerprint density at radius 2 is 2.03 bits per heavy atom. The number of carbonyl (C=O) groups is 1. The van der Waals surface area contributed by atoms with E-state index in [1.807, 2.05) is 25.1 Å². The largest absolute Gasteiger partial charge is 0.316 e. The Morgan fingerprint density at radius 1 is 1.26 bits per heavy atom. The second-order valence-electron chi connectivity index (χ2n) is 7.87. The second kappa shape index (κ2) is 10.6. The first-order valence-corrected chi connectivity index (χ1v) is 12.2. The lowest BCUT2D eigenvalue weighted by molar-refractivity contribution is -0.113. The minimum atomic E-state index is -0.231. The van der Waals surface area contributed by atoms with Gasteiger partial charge in [-0.1, -0.05) is 50.6 Å². The molecule has 31 heavy (non-hydrogen) atoms. The van der Waals surface area contributed by atoms with Gasteiger partial charge >= 0.3 is 0 Å². The number of carbonyl (C=O) groups excluding carboxylic acids is 1. The van der Waals surface area contributed by atoms with E-state index in [0.717, 1.165) is 19.3 Å². The van der Waals surface area contributed by atoms with Gasteiger partial charge in [-0.25, -0.2) is 4.98 Å². The predicted octanol–water partition coefficient (Wildman–Crippen LogP) is 5.45. The number of thioether (sulfide) groups is 1. The lowest BCUT2D eigenvalue weighted by Crippen LogP contribution is -2.27. The SMILES string of the molecule is CC(C)CCCC(C)n1c(SCC(=O)Nc2sccc2C#N)nc2ccccc2c1=O. The van der Waals surface area contributed by atoms with Crippen molar-refractivity contribution < 1.29 is 4.79 Å². The number of para-hydroxylation sites is 1. The molecule has 2 aromatic heterocycles. The number of thiophene rings is 1. The number of rotatable bonds is 9. The number of aromatic nitrogens is 2. The summed E-state index contributed by atoms with van der Waals surface area (Å²) in [5.41, 5.74) is 1.00. The zero-order valence-electron chi connectivity index (χ0n) is 17.9. The number of amides is 1. The number of nitrogens with zero attached hydrogens (tertiary/aromatic N) is 3. The topological polar surface area (TPSA) is 87.8 Å². The summed E-state index contributed by atoms with van der Waals surface area (Å²) >= 11 is 2.56. The van der Waals surface area contributed by atoms with Crippen LogP contribution in [0.3, 0.4) is 0 Å². The Balaban J connectivity index is 1.83. The van der Waals surface area contributed by atoms with Crippen LogP contribution < -0.4 is 10.9 Å². The van der Waals surface area contributed by atoms with E-state index in [-0.39, 0.29) is 23.3 Å². The van der Waals surface area contributed by atoms with Crippen molar-refractivity contribution in [2.75, 3.05) is 11.1 Å². The van der Waals surface area contributed by atoms with Gasteiger partial charge in [0, 0.05) is 6.04 Å². The van der Waals surface area contributed by atoms with Crippen LogP contribution in [0.2, 0.25) is 0 Å². The Bertz CT molecular complexity index is 1160. The molecule has 1 atom stereocenters. The molecule has 0 saturated heterocycles. The summed E-state index contributed by atoms with van der Waals surface area (Å²) in [5.74, 6) is 0.490. The second-order valence-corrected chi connectivity index (χ2v) is 9.73. The van der Waals surface area contributed by atoms with Crippen molar-refractivity contribution >= 4 is 44.9 Å². The van der Waals surface area contributed by atoms with Crippen LogP contribution in [-0.4, -0.2) is 21.2 Å². The third-order valence-corrected chi connectivity index (χ3v) is 6.77. The number of nitriles is 1. The van der Waals surface area contributed by atoms with E-state index in [1.54, 1.807) is 22.1 Å². The zero-order chi connectivity index (χ0) is 22.4. The summed E-state index contributed by atoms with van der Waals surface area (Å²) in [6.07, 6.45) is 3.00. The molecule has 0 aliphatic heterocycles. The highest BCUT2D eigenvalue weighted by atomic mass is 32.2. The highest BCUT2D eigenvalue weighted by molar-refractivity contribution is 7.99. The average molecular weight is 455 g/mol. The monoisotopic (exact) mass is 454 g/mol. The minimum Gasteiger partial charge on any atom is -0.316 e. The van der Waals surface area contributed by atoms with Gasteiger partial charge in [0.15, 0.2) is 5.16 Å². The summed E-state index contributed by atoms with van der Waals surface area (Å²) in [6.45, 7) is 6.42. The van der Waals surface area contributed by atoms with Crippen molar-refractivity contribution in [1.29, 1.82) is 5.26 Å². The van der Waals surface area contributed by atoms with Crippen LogP contribution in [0.25, 0.3) is 10.9 Å². The Hall–Kier alpha value is -2.63. The number of nitrogens with one attached hydrogen (secondary N) is 1. The molecular formula is C23H26N4O2S2. The highest BCUT2D eigenvalue weighted by Crippen LogP contribution is 2.26. The third-order valence-electron chi connectivity index (χ3n) is 4.99. The number of hydrogen-bond acceptors (Lipinski definition) is 6. The molecule has 0 radical (unpaired) electrons. The average Bonchev–Trinajstić information content (AvgIpc) is 3.19. The molecule has 8 heteroatoms. The van der Waals surface area contributed by atoms with E-state index in [4.69, 9.17) is 10.2 Å². The van der Waals surface area contributed by atoms with Gasteiger partial charge in [0.2, 0.25) is 5.91 Å². The quantitative estimate of drug-likeness (QED) is 0.343. The molecular weight excluding hydrogens is 428 g/mol. The van der Waals surface area contributed by atoms with E-state index in [2.05, 4.69) is 25.2 Å². The van der Waals surface area contributed by atoms with Crippen molar-refractivity contribution in [3.05, 3.63) is 51.6 Å². The van der Waals surface area contributed by atoms with E-state index >= 15 is 0 Å². The molecule has 0 aliphatic rings. The molecule has 1 amide bonds. The molecule has 162 valence electrons. The third kappa shape index (κ3) is 5.75. The smallest absolute Gasteiger partial charge is 0.262 e. The fourth-order valence-electron chi connectivity index (χ4n) is 3.35. The molecule has 1 N–H and O–H groups in total. The molecule has 6 nitrogen and oxygen atoms in total. The van der Waals surface area contributed by atoms with Gasteiger partial charge in [0.05, 0.1) is 22.2 Å². The molecule has 0 aliphatic carbocycles. The number of benzene rings is 1. The number of anilines is 1. The number of fused-ring (bicyclic) bond motifs is 1. The van der Waals surface area contributed by atoms with Gasteiger partial charge in [0.25, 0.3) is 5.56 Å². The zero-order valence-corrected chi connectivity index (χ0v) is 19.6. The highest BCUT2D eigenvalue weighted by Gasteiger charge is 2.18. The molecule has 2 heterocycles. The summed E-state index contributed by atoms with van der Waals surface area (Å²) in [6, 6.07) is 11.0. The first kappa shape index (κ1) is 23.0. The van der Waals surface area contributed by atoms with Crippen LogP contribution in [0.4, 0.5) is 5.00 Å². The van der Waals surface area contributed by atoms with Crippen LogP contribution in [-0.2, 0) is 4.79 Å². The van der Waals surface area contributed by atoms with Crippen molar-refractivity contribution in [3.63, 3.8) is 0 Å². The van der Waals surface area contributed by atoms with Crippen LogP contribution >= 0.6 is 23.1 Å². The molecule has 1 aromatic carbocycles. The van der Waals surface area contributed by atoms with Crippen molar-refractivity contribution in [2.45, 2.75) is 51.2 Å². The number of hydrogen-bond donors (Lipinski definition) is 1. The van der Waals surface area contributed by atoms with Crippen LogP contribution in [0.15, 0.2) is 45.7 Å². The van der Waals surface area contributed by atoms with Crippen LogP contribution in [0, 0.1) is 17.2 Å². The van der Waals surface area contributed by atoms with E-state index < -0.39 is 0 Å². The molecule has 0 bridgehead atoms. The Kier molecular flexibility index (Phi) is 7.88. The Morgan fingerprint density at radius 3 is 2.77 bits per heavy atom. The van der Waals surface area contributed by atoms with Gasteiger partial charge in [-0.15, -0.1) is 11.3 Å². The summed E-state index contributed by atoms with van der Waals surface area (Å²) in [5, 5.41) is 15.3. The van der Waals surface area contributed by atoms with E-state index in [9.17, 15) is 9.59 Å². The predicted molar refractivity (Wildman–Crippen MR) is 128 cm³/mol. The van der Waals surface area contributed by atoms with Gasteiger partial charge < -0.3 is 5.32 Å². The normalized spacial score (nSPS) is 12.1. The van der Waals surface area contributed by atoms with E-state index in [1.165, 1.54) is 23.1 Å². The fourth-order valence-corrected chi connectivity index (χ4v) is 5.00. The summed E-state index contributed by atoms with van der Waals surface area (Å²) in [4.78, 5) is 30.4. The fraction of sp³-hybridized carbons (Fsp3) is 0.391. The first-order valence-electron chi connectivity index (χ1n) is 10.3. The maximum absolute atomic E-state index is 13.2. The Labute approximate surface area is 190 Å². The van der Waals surface area contributed by atoms with Crippen molar-refractivity contribution in [1.82, 2.24) is 9.55 Å². The maximum Gasteiger partial charge on any atom is 0.262 e. The molecule has 0 saturated carbocycles. The van der Waals surface area contributed by atoms with E-state index in [0.29, 0.717) is 32.5 Å². The molecule has 3 rings (SSSR count). The summed E-state index contributed by atoms with van der Waals surface area (Å²) in [7, 11) is 0.